The van der Waals surface area contributed by atoms with E-state index in [2.05, 4.69) is 30.2 Å². The van der Waals surface area contributed by atoms with Gasteiger partial charge in [0.15, 0.2) is 5.78 Å². The van der Waals surface area contributed by atoms with Crippen LogP contribution >= 0.6 is 0 Å². The largest absolute Gasteiger partial charge is 0.511 e. The maximum Gasteiger partial charge on any atom is 0.204 e. The zero-order valence-electron chi connectivity index (χ0n) is 19.0. The van der Waals surface area contributed by atoms with Crippen molar-refractivity contribution in [3.8, 4) is 11.4 Å². The van der Waals surface area contributed by atoms with E-state index in [9.17, 15) is 9.90 Å². The van der Waals surface area contributed by atoms with Crippen molar-refractivity contribution in [2.24, 2.45) is 12.0 Å². The number of aryl methyl sites for hydroxylation is 1. The molecule has 33 heavy (non-hydrogen) atoms. The zero-order chi connectivity index (χ0) is 23.2. The van der Waals surface area contributed by atoms with Crippen molar-refractivity contribution in [2.45, 2.75) is 18.8 Å². The molecule has 1 aliphatic heterocycles. The molecule has 0 spiro atoms. The van der Waals surface area contributed by atoms with Crippen LogP contribution in [0.5, 0.6) is 0 Å². The summed E-state index contributed by atoms with van der Waals surface area (Å²) in [7, 11) is 1.72. The van der Waals surface area contributed by atoms with E-state index in [1.165, 1.54) is 4.80 Å². The first-order valence-corrected chi connectivity index (χ1v) is 11.4. The van der Waals surface area contributed by atoms with Crippen molar-refractivity contribution >= 4 is 12.0 Å². The van der Waals surface area contributed by atoms with E-state index in [-0.39, 0.29) is 24.1 Å². The number of hydrogen-bond acceptors (Lipinski definition) is 9. The first kappa shape index (κ1) is 23.2. The molecule has 0 saturated carbocycles. The Hall–Kier alpha value is -2.95. The number of benzene rings is 1. The molecule has 2 heterocycles. The molecule has 1 aromatic carbocycles. The quantitative estimate of drug-likeness (QED) is 0.564. The van der Waals surface area contributed by atoms with Gasteiger partial charge in [0, 0.05) is 63.9 Å². The third-order valence-corrected chi connectivity index (χ3v) is 6.28. The van der Waals surface area contributed by atoms with E-state index in [1.54, 1.807) is 13.3 Å². The number of carbonyl (C=O) groups excluding carboxylic acids is 1. The molecule has 2 aromatic rings. The van der Waals surface area contributed by atoms with E-state index in [1.807, 2.05) is 24.3 Å². The minimum absolute atomic E-state index is 0.0614. The Kier molecular flexibility index (Phi) is 7.58. The summed E-state index contributed by atoms with van der Waals surface area (Å²) in [5.74, 6) is 0.521. The van der Waals surface area contributed by atoms with Crippen molar-refractivity contribution in [3.05, 3.63) is 41.2 Å². The summed E-state index contributed by atoms with van der Waals surface area (Å²) in [6.07, 6.45) is 2.31. The standard InChI is InChI=1S/C23H31N7O3/c1-28-26-23(25-27-28)18-4-2-17(3-5-18)19-14-21(32)20(22(33)15-19)16-24-6-7-29-8-10-30(11-9-29)12-13-31/h2-5,16,19,31-32H,6-15H2,1H3. The monoisotopic (exact) mass is 453 g/mol. The third-order valence-electron chi connectivity index (χ3n) is 6.28. The van der Waals surface area contributed by atoms with Gasteiger partial charge in [-0.05, 0) is 16.7 Å². The SMILES string of the molecule is Cn1nnc(-c2ccc(C3CC(=O)C(C=NCCN4CCN(CCO)CC4)=C(O)C3)cc2)n1. The van der Waals surface area contributed by atoms with Crippen LogP contribution in [-0.2, 0) is 11.8 Å². The Labute approximate surface area is 193 Å². The second kappa shape index (κ2) is 10.8. The zero-order valence-corrected chi connectivity index (χ0v) is 19.0. The van der Waals surface area contributed by atoms with Gasteiger partial charge in [0.05, 0.1) is 25.8 Å². The van der Waals surface area contributed by atoms with Crippen molar-refractivity contribution in [1.29, 1.82) is 0 Å². The highest BCUT2D eigenvalue weighted by molar-refractivity contribution is 6.14. The molecule has 1 aliphatic carbocycles. The predicted octanol–water partition coefficient (Wildman–Crippen LogP) is 0.816. The van der Waals surface area contributed by atoms with Crippen molar-refractivity contribution in [2.75, 3.05) is 52.4 Å². The molecular weight excluding hydrogens is 422 g/mol. The van der Waals surface area contributed by atoms with E-state index >= 15 is 0 Å². The van der Waals surface area contributed by atoms with Gasteiger partial charge in [0.2, 0.25) is 5.82 Å². The molecule has 1 atom stereocenters. The Morgan fingerprint density at radius 1 is 1.09 bits per heavy atom. The summed E-state index contributed by atoms with van der Waals surface area (Å²) in [5, 5.41) is 31.6. The fourth-order valence-corrected chi connectivity index (χ4v) is 4.33. The van der Waals surface area contributed by atoms with Gasteiger partial charge in [-0.25, -0.2) is 0 Å². The number of aromatic nitrogens is 4. The molecule has 10 nitrogen and oxygen atoms in total. The summed E-state index contributed by atoms with van der Waals surface area (Å²) in [5.41, 5.74) is 2.19. The maximum absolute atomic E-state index is 12.7. The van der Waals surface area contributed by atoms with Gasteiger partial charge < -0.3 is 10.2 Å². The summed E-state index contributed by atoms with van der Waals surface area (Å²) < 4.78 is 0. The van der Waals surface area contributed by atoms with Gasteiger partial charge in [-0.2, -0.15) is 4.80 Å². The highest BCUT2D eigenvalue weighted by Gasteiger charge is 2.28. The number of aliphatic hydroxyl groups is 2. The van der Waals surface area contributed by atoms with Crippen LogP contribution in [0, 0.1) is 0 Å². The number of aliphatic hydroxyl groups excluding tert-OH is 2. The van der Waals surface area contributed by atoms with E-state index in [4.69, 9.17) is 5.11 Å². The van der Waals surface area contributed by atoms with Crippen LogP contribution in [0.15, 0.2) is 40.6 Å². The molecule has 0 radical (unpaired) electrons. The third kappa shape index (κ3) is 5.89. The number of ketones is 1. The molecular formula is C23H31N7O3. The molecule has 1 fully saturated rings. The predicted molar refractivity (Wildman–Crippen MR) is 124 cm³/mol. The smallest absolute Gasteiger partial charge is 0.204 e. The summed E-state index contributed by atoms with van der Waals surface area (Å²) in [6.45, 7) is 6.14. The van der Waals surface area contributed by atoms with Crippen LogP contribution in [0.1, 0.15) is 24.3 Å². The number of hydrogen-bond donors (Lipinski definition) is 2. The number of rotatable bonds is 8. The number of allylic oxidation sites excluding steroid dienone is 2. The van der Waals surface area contributed by atoms with Crippen LogP contribution in [0.3, 0.4) is 0 Å². The maximum atomic E-state index is 12.7. The second-order valence-corrected chi connectivity index (χ2v) is 8.56. The molecule has 1 unspecified atom stereocenters. The number of tetrazole rings is 1. The van der Waals surface area contributed by atoms with Crippen LogP contribution in [0.25, 0.3) is 11.4 Å². The van der Waals surface area contributed by atoms with Crippen LogP contribution in [-0.4, -0.2) is 105 Å². The van der Waals surface area contributed by atoms with Gasteiger partial charge in [-0.15, -0.1) is 10.2 Å². The normalized spacial score (nSPS) is 20.8. The number of carbonyl (C=O) groups is 1. The van der Waals surface area contributed by atoms with Crippen molar-refractivity contribution < 1.29 is 15.0 Å². The minimum Gasteiger partial charge on any atom is -0.511 e. The molecule has 10 heteroatoms. The molecule has 1 saturated heterocycles. The van der Waals surface area contributed by atoms with Gasteiger partial charge in [0.25, 0.3) is 0 Å². The summed E-state index contributed by atoms with van der Waals surface area (Å²) >= 11 is 0. The minimum atomic E-state index is -0.0789. The van der Waals surface area contributed by atoms with E-state index in [0.29, 0.717) is 30.8 Å². The number of nitrogens with zero attached hydrogens (tertiary/aromatic N) is 7. The van der Waals surface area contributed by atoms with Crippen molar-refractivity contribution in [3.63, 3.8) is 0 Å². The molecule has 0 bridgehead atoms. The molecule has 2 N–H and O–H groups in total. The highest BCUT2D eigenvalue weighted by Crippen LogP contribution is 2.33. The Morgan fingerprint density at radius 2 is 1.79 bits per heavy atom. The Morgan fingerprint density at radius 3 is 2.39 bits per heavy atom. The average Bonchev–Trinajstić information content (AvgIpc) is 3.25. The van der Waals surface area contributed by atoms with E-state index < -0.39 is 0 Å². The number of β-amino-alcohol motifs (C(OH)–C–C–N with tert-alkyl or cyclic N) is 1. The van der Waals surface area contributed by atoms with Gasteiger partial charge in [-0.3, -0.25) is 19.6 Å². The second-order valence-electron chi connectivity index (χ2n) is 8.56. The topological polar surface area (TPSA) is 120 Å². The highest BCUT2D eigenvalue weighted by atomic mass is 16.3. The fourth-order valence-electron chi connectivity index (χ4n) is 4.33. The lowest BCUT2D eigenvalue weighted by Crippen LogP contribution is -2.47. The lowest BCUT2D eigenvalue weighted by molar-refractivity contribution is -0.116. The fraction of sp³-hybridized carbons (Fsp3) is 0.522. The van der Waals surface area contributed by atoms with Gasteiger partial charge in [0.1, 0.15) is 5.76 Å². The number of piperazine rings is 1. The lowest BCUT2D eigenvalue weighted by Gasteiger charge is -2.33. The first-order valence-electron chi connectivity index (χ1n) is 11.4. The first-order chi connectivity index (χ1) is 16.0. The molecule has 176 valence electrons. The average molecular weight is 454 g/mol. The number of aliphatic imine (C=N–C) groups is 1. The lowest BCUT2D eigenvalue weighted by atomic mass is 9.82. The number of Topliss-reactive ketones (excluding diaryl/α,β-unsaturated/α-hetero) is 1. The van der Waals surface area contributed by atoms with Gasteiger partial charge >= 0.3 is 0 Å². The van der Waals surface area contributed by atoms with Crippen LogP contribution in [0.2, 0.25) is 0 Å². The van der Waals surface area contributed by atoms with Crippen LogP contribution in [0.4, 0.5) is 0 Å². The summed E-state index contributed by atoms with van der Waals surface area (Å²) in [4.78, 5) is 23.1. The molecule has 2 aliphatic rings. The molecule has 1 aromatic heterocycles. The Bertz CT molecular complexity index is 1010. The summed E-state index contributed by atoms with van der Waals surface area (Å²) in [6, 6.07) is 7.74. The Balaban J connectivity index is 1.30. The van der Waals surface area contributed by atoms with Gasteiger partial charge in [-0.1, -0.05) is 24.3 Å². The van der Waals surface area contributed by atoms with E-state index in [0.717, 1.165) is 50.4 Å². The molecule has 4 rings (SSSR count). The van der Waals surface area contributed by atoms with Crippen LogP contribution < -0.4 is 0 Å². The molecule has 0 amide bonds. The van der Waals surface area contributed by atoms with Crippen molar-refractivity contribution in [1.82, 2.24) is 30.0 Å².